The SMILES string of the molecule is CCN(CC)C(=O)Oc1cc(Cl)nn2c(N)nnc12. The van der Waals surface area contributed by atoms with Crippen molar-refractivity contribution in [1.29, 1.82) is 0 Å². The van der Waals surface area contributed by atoms with E-state index in [1.54, 1.807) is 0 Å². The molecule has 0 aliphatic heterocycles. The molecule has 2 rings (SSSR count). The summed E-state index contributed by atoms with van der Waals surface area (Å²) < 4.78 is 6.46. The monoisotopic (exact) mass is 284 g/mol. The number of aromatic nitrogens is 4. The average Bonchev–Trinajstić information content (AvgIpc) is 2.73. The molecular weight excluding hydrogens is 272 g/mol. The molecule has 0 aliphatic rings. The van der Waals surface area contributed by atoms with Crippen LogP contribution in [0.15, 0.2) is 6.07 Å². The average molecular weight is 285 g/mol. The summed E-state index contributed by atoms with van der Waals surface area (Å²) >= 11 is 5.84. The number of amides is 1. The topological polar surface area (TPSA) is 98.6 Å². The molecule has 0 radical (unpaired) electrons. The fourth-order valence-corrected chi connectivity index (χ4v) is 1.73. The number of halogens is 1. The smallest absolute Gasteiger partial charge is 0.406 e. The number of nitrogens with two attached hydrogens (primary N) is 1. The lowest BCUT2D eigenvalue weighted by Crippen LogP contribution is -2.33. The minimum absolute atomic E-state index is 0.0673. The van der Waals surface area contributed by atoms with Crippen LogP contribution in [-0.4, -0.2) is 43.9 Å². The van der Waals surface area contributed by atoms with Gasteiger partial charge in [-0.25, -0.2) is 4.79 Å². The largest absolute Gasteiger partial charge is 0.415 e. The molecule has 102 valence electrons. The van der Waals surface area contributed by atoms with Gasteiger partial charge >= 0.3 is 6.09 Å². The first-order chi connectivity index (χ1) is 9.06. The molecule has 2 aromatic rings. The molecule has 0 fully saturated rings. The van der Waals surface area contributed by atoms with Crippen LogP contribution in [0, 0.1) is 0 Å². The maximum absolute atomic E-state index is 11.9. The molecule has 2 heterocycles. The van der Waals surface area contributed by atoms with E-state index in [1.807, 2.05) is 13.8 Å². The molecule has 0 aliphatic carbocycles. The van der Waals surface area contributed by atoms with E-state index in [2.05, 4.69) is 15.3 Å². The minimum atomic E-state index is -0.490. The third-order valence-electron chi connectivity index (χ3n) is 2.55. The molecule has 0 saturated carbocycles. The zero-order valence-electron chi connectivity index (χ0n) is 10.5. The van der Waals surface area contributed by atoms with E-state index >= 15 is 0 Å². The molecule has 1 amide bonds. The van der Waals surface area contributed by atoms with Crippen LogP contribution in [0.5, 0.6) is 5.75 Å². The van der Waals surface area contributed by atoms with E-state index in [9.17, 15) is 4.79 Å². The predicted octanol–water partition coefficient (Wildman–Crippen LogP) is 1.20. The van der Waals surface area contributed by atoms with Crippen LogP contribution in [0.2, 0.25) is 5.15 Å². The molecule has 2 aromatic heterocycles. The van der Waals surface area contributed by atoms with Gasteiger partial charge in [0.25, 0.3) is 0 Å². The van der Waals surface area contributed by atoms with Gasteiger partial charge in [-0.3, -0.25) is 0 Å². The third kappa shape index (κ3) is 2.53. The number of nitrogens with zero attached hydrogens (tertiary/aromatic N) is 5. The Kier molecular flexibility index (Phi) is 3.70. The van der Waals surface area contributed by atoms with Gasteiger partial charge in [-0.15, -0.1) is 10.2 Å². The highest BCUT2D eigenvalue weighted by Crippen LogP contribution is 2.22. The number of anilines is 1. The lowest BCUT2D eigenvalue weighted by Gasteiger charge is -2.17. The Balaban J connectivity index is 2.37. The first-order valence-corrected chi connectivity index (χ1v) is 6.08. The van der Waals surface area contributed by atoms with E-state index in [-0.39, 0.29) is 22.5 Å². The molecule has 0 spiro atoms. The summed E-state index contributed by atoms with van der Waals surface area (Å²) in [6.07, 6.45) is -0.490. The Hall–Kier alpha value is -2.09. The van der Waals surface area contributed by atoms with Crippen molar-refractivity contribution in [1.82, 2.24) is 24.7 Å². The van der Waals surface area contributed by atoms with Crippen LogP contribution >= 0.6 is 11.6 Å². The zero-order chi connectivity index (χ0) is 14.0. The number of rotatable bonds is 3. The molecule has 0 saturated heterocycles. The van der Waals surface area contributed by atoms with Crippen molar-refractivity contribution < 1.29 is 9.53 Å². The number of ether oxygens (including phenoxy) is 1. The number of carbonyl (C=O) groups excluding carboxylic acids is 1. The molecule has 0 atom stereocenters. The van der Waals surface area contributed by atoms with Gasteiger partial charge in [0.2, 0.25) is 11.6 Å². The summed E-state index contributed by atoms with van der Waals surface area (Å²) in [5.74, 6) is 0.235. The Morgan fingerprint density at radius 2 is 2.16 bits per heavy atom. The number of fused-ring (bicyclic) bond motifs is 1. The van der Waals surface area contributed by atoms with Crippen LogP contribution in [-0.2, 0) is 0 Å². The minimum Gasteiger partial charge on any atom is -0.406 e. The van der Waals surface area contributed by atoms with Gasteiger partial charge in [-0.2, -0.15) is 9.61 Å². The van der Waals surface area contributed by atoms with E-state index in [1.165, 1.54) is 15.5 Å². The molecular formula is C10H13ClN6O2. The standard InChI is InChI=1S/C10H13ClN6O2/c1-3-16(4-2)10(18)19-6-5-7(11)15-17-8(6)13-14-9(17)12/h5H,3-4H2,1-2H3,(H2,12,14). The quantitative estimate of drug-likeness (QED) is 0.909. The van der Waals surface area contributed by atoms with E-state index in [4.69, 9.17) is 22.1 Å². The summed E-state index contributed by atoms with van der Waals surface area (Å²) in [5, 5.41) is 11.5. The number of nitrogen functional groups attached to an aromatic ring is 1. The summed E-state index contributed by atoms with van der Waals surface area (Å²) in [6, 6.07) is 1.40. The molecule has 0 bridgehead atoms. The van der Waals surface area contributed by atoms with Crippen LogP contribution < -0.4 is 10.5 Å². The van der Waals surface area contributed by atoms with Crippen LogP contribution in [0.25, 0.3) is 5.65 Å². The van der Waals surface area contributed by atoms with Crippen molar-refractivity contribution in [3.05, 3.63) is 11.2 Å². The van der Waals surface area contributed by atoms with Crippen molar-refractivity contribution in [2.75, 3.05) is 18.8 Å². The second-order valence-corrected chi connectivity index (χ2v) is 4.05. The van der Waals surface area contributed by atoms with E-state index < -0.39 is 6.09 Å². The van der Waals surface area contributed by atoms with Gasteiger partial charge in [0.1, 0.15) is 0 Å². The molecule has 9 heteroatoms. The molecule has 0 aromatic carbocycles. The fraction of sp³-hybridized carbons (Fsp3) is 0.400. The lowest BCUT2D eigenvalue weighted by molar-refractivity contribution is 0.157. The van der Waals surface area contributed by atoms with E-state index in [0.29, 0.717) is 13.1 Å². The number of hydrogen-bond acceptors (Lipinski definition) is 6. The van der Waals surface area contributed by atoms with Gasteiger partial charge in [-0.1, -0.05) is 11.6 Å². The third-order valence-corrected chi connectivity index (χ3v) is 2.73. The molecule has 0 unspecified atom stereocenters. The van der Waals surface area contributed by atoms with Crippen molar-refractivity contribution in [3.63, 3.8) is 0 Å². The zero-order valence-corrected chi connectivity index (χ0v) is 11.3. The van der Waals surface area contributed by atoms with Crippen LogP contribution in [0.3, 0.4) is 0 Å². The summed E-state index contributed by atoms with van der Waals surface area (Å²) in [6.45, 7) is 4.79. The maximum atomic E-state index is 11.9. The van der Waals surface area contributed by atoms with Crippen molar-refractivity contribution in [2.45, 2.75) is 13.8 Å². The van der Waals surface area contributed by atoms with Crippen molar-refractivity contribution in [3.8, 4) is 5.75 Å². The van der Waals surface area contributed by atoms with Gasteiger partial charge in [0.15, 0.2) is 10.9 Å². The number of hydrogen-bond donors (Lipinski definition) is 1. The highest BCUT2D eigenvalue weighted by molar-refractivity contribution is 6.29. The number of carbonyl (C=O) groups is 1. The van der Waals surface area contributed by atoms with Gasteiger partial charge in [0.05, 0.1) is 0 Å². The Bertz CT molecular complexity index is 609. The summed E-state index contributed by atoms with van der Waals surface area (Å²) in [7, 11) is 0. The Morgan fingerprint density at radius 1 is 1.47 bits per heavy atom. The highest BCUT2D eigenvalue weighted by Gasteiger charge is 2.17. The van der Waals surface area contributed by atoms with Gasteiger partial charge in [-0.05, 0) is 13.8 Å². The normalized spacial score (nSPS) is 10.7. The van der Waals surface area contributed by atoms with Crippen molar-refractivity contribution >= 4 is 29.3 Å². The van der Waals surface area contributed by atoms with Gasteiger partial charge < -0.3 is 15.4 Å². The Labute approximate surface area is 114 Å². The summed E-state index contributed by atoms with van der Waals surface area (Å²) in [4.78, 5) is 13.4. The fourth-order valence-electron chi connectivity index (χ4n) is 1.56. The second-order valence-electron chi connectivity index (χ2n) is 3.67. The highest BCUT2D eigenvalue weighted by atomic mass is 35.5. The van der Waals surface area contributed by atoms with Crippen molar-refractivity contribution in [2.24, 2.45) is 0 Å². The maximum Gasteiger partial charge on any atom is 0.415 e. The molecule has 2 N–H and O–H groups in total. The predicted molar refractivity (Wildman–Crippen MR) is 69.1 cm³/mol. The lowest BCUT2D eigenvalue weighted by atomic mass is 10.5. The molecule has 8 nitrogen and oxygen atoms in total. The van der Waals surface area contributed by atoms with Crippen LogP contribution in [0.1, 0.15) is 13.8 Å². The Morgan fingerprint density at radius 3 is 2.79 bits per heavy atom. The van der Waals surface area contributed by atoms with Gasteiger partial charge in [0, 0.05) is 19.2 Å². The summed E-state index contributed by atoms with van der Waals surface area (Å²) in [5.41, 5.74) is 5.81. The van der Waals surface area contributed by atoms with E-state index in [0.717, 1.165) is 0 Å². The first kappa shape index (κ1) is 13.3. The first-order valence-electron chi connectivity index (χ1n) is 5.71. The molecule has 19 heavy (non-hydrogen) atoms. The van der Waals surface area contributed by atoms with Crippen LogP contribution in [0.4, 0.5) is 10.7 Å². The second kappa shape index (κ2) is 5.27.